The van der Waals surface area contributed by atoms with Crippen molar-refractivity contribution >= 4 is 6.08 Å². The summed E-state index contributed by atoms with van der Waals surface area (Å²) < 4.78 is 0. The lowest BCUT2D eigenvalue weighted by Gasteiger charge is -2.27. The third kappa shape index (κ3) is 3.96. The maximum Gasteiger partial charge on any atom is 0.0142 e. The molecule has 2 atom stereocenters. The Morgan fingerprint density at radius 2 is 1.90 bits per heavy atom. The molecule has 0 spiro atoms. The second-order valence-corrected chi connectivity index (χ2v) is 6.71. The quantitative estimate of drug-likeness (QED) is 0.864. The van der Waals surface area contributed by atoms with Crippen LogP contribution in [0.15, 0.2) is 35.9 Å². The molecule has 0 unspecified atom stereocenters. The van der Waals surface area contributed by atoms with E-state index in [1.54, 1.807) is 5.57 Å². The highest BCUT2D eigenvalue weighted by Crippen LogP contribution is 2.40. The van der Waals surface area contributed by atoms with Crippen LogP contribution >= 0.6 is 0 Å². The zero-order valence-corrected chi connectivity index (χ0v) is 13.1. The van der Waals surface area contributed by atoms with E-state index in [0.717, 1.165) is 12.3 Å². The summed E-state index contributed by atoms with van der Waals surface area (Å²) in [7, 11) is 0. The number of benzene rings is 1. The van der Waals surface area contributed by atoms with E-state index in [1.165, 1.54) is 37.7 Å². The molecule has 2 aliphatic rings. The van der Waals surface area contributed by atoms with Gasteiger partial charge in [-0.05, 0) is 50.0 Å². The second kappa shape index (κ2) is 6.76. The fourth-order valence-electron chi connectivity index (χ4n) is 3.61. The zero-order valence-electron chi connectivity index (χ0n) is 13.1. The highest BCUT2D eigenvalue weighted by Gasteiger charge is 2.40. The standard InChI is InChI=1S/C19H28N2/c1-2-15(12-14-6-4-3-5-7-14)18-13-19(18)21-17-10-8-16(20)9-11-17/h3-7,12,16-19,21H,2,8-11,13,20H2,1H3/b15-12+/t16?,17?,18-,19-/m1/s1. The van der Waals surface area contributed by atoms with Gasteiger partial charge in [-0.3, -0.25) is 0 Å². The Kier molecular flexibility index (Phi) is 4.77. The molecule has 0 aliphatic heterocycles. The molecule has 0 aromatic heterocycles. The Hall–Kier alpha value is -1.12. The lowest BCUT2D eigenvalue weighted by Crippen LogP contribution is -2.38. The van der Waals surface area contributed by atoms with Crippen molar-refractivity contribution in [1.29, 1.82) is 0 Å². The summed E-state index contributed by atoms with van der Waals surface area (Å²) in [6.45, 7) is 2.28. The highest BCUT2D eigenvalue weighted by molar-refractivity contribution is 5.54. The fraction of sp³-hybridized carbons (Fsp3) is 0.579. The van der Waals surface area contributed by atoms with Crippen molar-refractivity contribution in [3.63, 3.8) is 0 Å². The van der Waals surface area contributed by atoms with Gasteiger partial charge in [0.25, 0.3) is 0 Å². The van der Waals surface area contributed by atoms with E-state index in [-0.39, 0.29) is 0 Å². The summed E-state index contributed by atoms with van der Waals surface area (Å²) in [5.41, 5.74) is 8.93. The van der Waals surface area contributed by atoms with E-state index >= 15 is 0 Å². The summed E-state index contributed by atoms with van der Waals surface area (Å²) in [6.07, 6.45) is 9.76. The van der Waals surface area contributed by atoms with Crippen molar-refractivity contribution < 1.29 is 0 Å². The van der Waals surface area contributed by atoms with Crippen LogP contribution in [-0.2, 0) is 0 Å². The maximum absolute atomic E-state index is 5.99. The molecule has 2 fully saturated rings. The van der Waals surface area contributed by atoms with Crippen molar-refractivity contribution in [2.75, 3.05) is 0 Å². The van der Waals surface area contributed by atoms with Crippen molar-refractivity contribution in [3.8, 4) is 0 Å². The molecule has 3 rings (SSSR count). The molecule has 0 radical (unpaired) electrons. The van der Waals surface area contributed by atoms with Crippen LogP contribution in [0, 0.1) is 5.92 Å². The van der Waals surface area contributed by atoms with Gasteiger partial charge < -0.3 is 11.1 Å². The van der Waals surface area contributed by atoms with Gasteiger partial charge in [-0.2, -0.15) is 0 Å². The molecule has 3 N–H and O–H groups in total. The zero-order chi connectivity index (χ0) is 14.7. The highest BCUT2D eigenvalue weighted by atomic mass is 15.0. The van der Waals surface area contributed by atoms with Crippen LogP contribution < -0.4 is 11.1 Å². The Morgan fingerprint density at radius 1 is 1.19 bits per heavy atom. The molecule has 0 amide bonds. The lowest BCUT2D eigenvalue weighted by molar-refractivity contribution is 0.338. The SMILES string of the molecule is CC/C(=C\c1ccccc1)[C@H]1C[C@H]1NC1CCC(N)CC1. The molecular weight excluding hydrogens is 256 g/mol. The van der Waals surface area contributed by atoms with E-state index in [0.29, 0.717) is 18.1 Å². The molecule has 1 aromatic rings. The Morgan fingerprint density at radius 3 is 2.57 bits per heavy atom. The summed E-state index contributed by atoms with van der Waals surface area (Å²) >= 11 is 0. The molecular formula is C19H28N2. The smallest absolute Gasteiger partial charge is 0.0142 e. The van der Waals surface area contributed by atoms with Gasteiger partial charge in [-0.25, -0.2) is 0 Å². The van der Waals surface area contributed by atoms with Crippen LogP contribution in [0.25, 0.3) is 6.08 Å². The maximum atomic E-state index is 5.99. The van der Waals surface area contributed by atoms with E-state index in [1.807, 2.05) is 0 Å². The Bertz CT molecular complexity index is 472. The molecule has 0 heterocycles. The van der Waals surface area contributed by atoms with Crippen LogP contribution in [0.5, 0.6) is 0 Å². The van der Waals surface area contributed by atoms with Gasteiger partial charge in [0.05, 0.1) is 0 Å². The molecule has 114 valence electrons. The first-order valence-corrected chi connectivity index (χ1v) is 8.53. The van der Waals surface area contributed by atoms with E-state index in [9.17, 15) is 0 Å². The van der Waals surface area contributed by atoms with Crippen molar-refractivity contribution in [3.05, 3.63) is 41.5 Å². The summed E-state index contributed by atoms with van der Waals surface area (Å²) in [6, 6.07) is 12.6. The Balaban J connectivity index is 1.54. The van der Waals surface area contributed by atoms with E-state index < -0.39 is 0 Å². The van der Waals surface area contributed by atoms with Gasteiger partial charge in [0.15, 0.2) is 0 Å². The number of hydrogen-bond donors (Lipinski definition) is 2. The molecule has 1 aromatic carbocycles. The molecule has 2 saturated carbocycles. The summed E-state index contributed by atoms with van der Waals surface area (Å²) in [5, 5.41) is 3.87. The first kappa shape index (κ1) is 14.8. The average Bonchev–Trinajstić information content (AvgIpc) is 3.27. The van der Waals surface area contributed by atoms with E-state index in [4.69, 9.17) is 5.73 Å². The minimum absolute atomic E-state index is 0.447. The topological polar surface area (TPSA) is 38.0 Å². The van der Waals surface area contributed by atoms with Crippen LogP contribution in [0.4, 0.5) is 0 Å². The van der Waals surface area contributed by atoms with Gasteiger partial charge in [0.1, 0.15) is 0 Å². The largest absolute Gasteiger partial charge is 0.328 e. The van der Waals surface area contributed by atoms with E-state index in [2.05, 4.69) is 48.6 Å². The minimum atomic E-state index is 0.447. The average molecular weight is 284 g/mol. The van der Waals surface area contributed by atoms with Gasteiger partial charge in [0, 0.05) is 18.1 Å². The third-order valence-electron chi connectivity index (χ3n) is 5.05. The molecule has 2 heteroatoms. The fourth-order valence-corrected chi connectivity index (χ4v) is 3.61. The minimum Gasteiger partial charge on any atom is -0.328 e. The summed E-state index contributed by atoms with van der Waals surface area (Å²) in [5.74, 6) is 0.755. The Labute approximate surface area is 128 Å². The van der Waals surface area contributed by atoms with Gasteiger partial charge in [0.2, 0.25) is 0 Å². The van der Waals surface area contributed by atoms with Crippen LogP contribution in [-0.4, -0.2) is 18.1 Å². The normalized spacial score (nSPS) is 33.0. The number of hydrogen-bond acceptors (Lipinski definition) is 2. The molecule has 21 heavy (non-hydrogen) atoms. The van der Waals surface area contributed by atoms with Crippen LogP contribution in [0.1, 0.15) is 51.0 Å². The number of rotatable bonds is 5. The third-order valence-corrected chi connectivity index (χ3v) is 5.05. The monoisotopic (exact) mass is 284 g/mol. The van der Waals surface area contributed by atoms with Gasteiger partial charge in [-0.15, -0.1) is 0 Å². The van der Waals surface area contributed by atoms with Gasteiger partial charge in [-0.1, -0.05) is 48.9 Å². The van der Waals surface area contributed by atoms with Crippen LogP contribution in [0.2, 0.25) is 0 Å². The molecule has 0 saturated heterocycles. The van der Waals surface area contributed by atoms with Crippen LogP contribution in [0.3, 0.4) is 0 Å². The number of nitrogens with one attached hydrogen (secondary N) is 1. The predicted octanol–water partition coefficient (Wildman–Crippen LogP) is 3.73. The lowest BCUT2D eigenvalue weighted by atomic mass is 9.91. The molecule has 0 bridgehead atoms. The van der Waals surface area contributed by atoms with Gasteiger partial charge >= 0.3 is 0 Å². The first-order valence-electron chi connectivity index (χ1n) is 8.53. The predicted molar refractivity (Wildman–Crippen MR) is 90.0 cm³/mol. The second-order valence-electron chi connectivity index (χ2n) is 6.71. The molecule has 2 nitrogen and oxygen atoms in total. The van der Waals surface area contributed by atoms with Crippen molar-refractivity contribution in [2.45, 2.75) is 63.6 Å². The first-order chi connectivity index (χ1) is 10.3. The van der Waals surface area contributed by atoms with Crippen molar-refractivity contribution in [2.24, 2.45) is 11.7 Å². The number of nitrogens with two attached hydrogens (primary N) is 1. The molecule has 2 aliphatic carbocycles. The summed E-state index contributed by atoms with van der Waals surface area (Å²) in [4.78, 5) is 0. The van der Waals surface area contributed by atoms with Crippen molar-refractivity contribution in [1.82, 2.24) is 5.32 Å².